The molecule has 0 aliphatic heterocycles. The van der Waals surface area contributed by atoms with Crippen LogP contribution >= 0.6 is 0 Å². The van der Waals surface area contributed by atoms with Crippen molar-refractivity contribution < 1.29 is 19.4 Å². The average molecular weight is 280 g/mol. The van der Waals surface area contributed by atoms with Gasteiger partial charge in [0.15, 0.2) is 0 Å². The molecular weight excluding hydrogens is 260 g/mol. The first-order chi connectivity index (χ1) is 9.05. The molecule has 1 heterocycles. The van der Waals surface area contributed by atoms with E-state index in [9.17, 15) is 14.7 Å². The largest absolute Gasteiger partial charge is 0.480 e. The molecule has 0 atom stereocenters. The molecule has 0 saturated heterocycles. The van der Waals surface area contributed by atoms with E-state index in [0.717, 1.165) is 4.90 Å². The molecule has 0 aromatic carbocycles. The monoisotopic (exact) mass is 280 g/mol. The second-order valence-corrected chi connectivity index (χ2v) is 5.87. The van der Waals surface area contributed by atoms with E-state index in [1.807, 2.05) is 0 Å². The summed E-state index contributed by atoms with van der Waals surface area (Å²) in [6.45, 7) is 8.00. The fourth-order valence-electron chi connectivity index (χ4n) is 1.50. The van der Waals surface area contributed by atoms with Crippen molar-refractivity contribution >= 4 is 17.9 Å². The Morgan fingerprint density at radius 1 is 1.20 bits per heavy atom. The molecule has 1 aromatic rings. The van der Waals surface area contributed by atoms with Gasteiger partial charge in [0.05, 0.1) is 0 Å². The highest BCUT2D eigenvalue weighted by Crippen LogP contribution is 2.25. The summed E-state index contributed by atoms with van der Waals surface area (Å²) in [4.78, 5) is 28.8. The third-order valence-corrected chi connectivity index (χ3v) is 2.54. The zero-order valence-electron chi connectivity index (χ0n) is 12.4. The van der Waals surface area contributed by atoms with Gasteiger partial charge >= 0.3 is 12.1 Å². The van der Waals surface area contributed by atoms with Crippen molar-refractivity contribution in [2.75, 3.05) is 4.90 Å². The molecule has 0 aliphatic rings. The number of rotatable bonds is 3. The molecule has 6 heteroatoms. The summed E-state index contributed by atoms with van der Waals surface area (Å²) in [6, 6.07) is 4.93. The molecule has 1 aromatic heterocycles. The number of carbonyl (C=O) groups excluding carboxylic acids is 1. The number of ether oxygens (including phenoxy) is 1. The molecular formula is C14H20N2O4. The molecule has 0 saturated carbocycles. The van der Waals surface area contributed by atoms with Crippen LogP contribution in [0.5, 0.6) is 0 Å². The van der Waals surface area contributed by atoms with E-state index in [2.05, 4.69) is 4.98 Å². The van der Waals surface area contributed by atoms with Crippen molar-refractivity contribution in [2.45, 2.75) is 45.8 Å². The quantitative estimate of drug-likeness (QED) is 0.920. The zero-order valence-corrected chi connectivity index (χ0v) is 12.4. The molecule has 0 spiro atoms. The summed E-state index contributed by atoms with van der Waals surface area (Å²) in [6.07, 6.45) is 0.744. The van der Waals surface area contributed by atoms with Gasteiger partial charge in [-0.3, -0.25) is 0 Å². The van der Waals surface area contributed by atoms with E-state index in [4.69, 9.17) is 4.74 Å². The van der Waals surface area contributed by atoms with Crippen LogP contribution in [0.4, 0.5) is 10.6 Å². The van der Waals surface area contributed by atoms with Gasteiger partial charge in [0.1, 0.15) is 17.0 Å². The van der Waals surface area contributed by atoms with Crippen LogP contribution in [0.3, 0.4) is 0 Å². The molecule has 0 fully saturated rings. The minimum Gasteiger partial charge on any atom is -0.480 e. The summed E-state index contributed by atoms with van der Waals surface area (Å²) in [5.41, 5.74) is -2.20. The first-order valence-electron chi connectivity index (χ1n) is 6.23. The average Bonchev–Trinajstić information content (AvgIpc) is 2.27. The zero-order chi connectivity index (χ0) is 15.6. The number of aliphatic carboxylic acids is 1. The predicted molar refractivity (Wildman–Crippen MR) is 74.7 cm³/mol. The maximum Gasteiger partial charge on any atom is 0.417 e. The maximum absolute atomic E-state index is 12.3. The molecule has 1 N–H and O–H groups in total. The number of nitrogens with zero attached hydrogens (tertiary/aromatic N) is 2. The van der Waals surface area contributed by atoms with E-state index in [-0.39, 0.29) is 5.82 Å². The van der Waals surface area contributed by atoms with Crippen molar-refractivity contribution in [1.82, 2.24) is 4.98 Å². The van der Waals surface area contributed by atoms with Crippen molar-refractivity contribution in [1.29, 1.82) is 0 Å². The SMILES string of the molecule is CC(C)(C)OC(=O)N(c1ccccn1)C(C)(C)C(=O)O. The molecule has 0 radical (unpaired) electrons. The van der Waals surface area contributed by atoms with Gasteiger partial charge in [0.2, 0.25) is 0 Å². The summed E-state index contributed by atoms with van der Waals surface area (Å²) in [7, 11) is 0. The van der Waals surface area contributed by atoms with E-state index >= 15 is 0 Å². The summed E-state index contributed by atoms with van der Waals surface area (Å²) in [5, 5.41) is 9.34. The highest BCUT2D eigenvalue weighted by atomic mass is 16.6. The van der Waals surface area contributed by atoms with Crippen LogP contribution in [0, 0.1) is 0 Å². The number of amides is 1. The predicted octanol–water partition coefficient (Wildman–Crippen LogP) is 2.69. The maximum atomic E-state index is 12.3. The third kappa shape index (κ3) is 3.69. The second kappa shape index (κ2) is 5.48. The molecule has 1 amide bonds. The highest BCUT2D eigenvalue weighted by molar-refractivity contribution is 5.96. The van der Waals surface area contributed by atoms with Crippen LogP contribution in [-0.2, 0) is 9.53 Å². The fourth-order valence-corrected chi connectivity index (χ4v) is 1.50. The number of aromatic nitrogens is 1. The number of hydrogen-bond acceptors (Lipinski definition) is 4. The molecule has 20 heavy (non-hydrogen) atoms. The number of pyridine rings is 1. The number of carboxylic acids is 1. The second-order valence-electron chi connectivity index (χ2n) is 5.87. The number of carboxylic acid groups (broad SMARTS) is 1. The lowest BCUT2D eigenvalue weighted by molar-refractivity contribution is -0.142. The van der Waals surface area contributed by atoms with E-state index in [1.54, 1.807) is 39.0 Å². The van der Waals surface area contributed by atoms with Gasteiger partial charge in [0, 0.05) is 6.20 Å². The Morgan fingerprint density at radius 2 is 1.80 bits per heavy atom. The van der Waals surface area contributed by atoms with Crippen molar-refractivity contribution in [3.63, 3.8) is 0 Å². The van der Waals surface area contributed by atoms with E-state index < -0.39 is 23.2 Å². The Kier molecular flexibility index (Phi) is 4.37. The Balaban J connectivity index is 3.23. The van der Waals surface area contributed by atoms with Gasteiger partial charge in [-0.25, -0.2) is 19.5 Å². The number of carbonyl (C=O) groups is 2. The van der Waals surface area contributed by atoms with Gasteiger partial charge in [-0.1, -0.05) is 6.07 Å². The van der Waals surface area contributed by atoms with Crippen LogP contribution < -0.4 is 4.90 Å². The molecule has 0 bridgehead atoms. The lowest BCUT2D eigenvalue weighted by atomic mass is 10.0. The van der Waals surface area contributed by atoms with E-state index in [1.165, 1.54) is 20.0 Å². The summed E-state index contributed by atoms with van der Waals surface area (Å²) in [5.74, 6) is -0.914. The highest BCUT2D eigenvalue weighted by Gasteiger charge is 2.41. The van der Waals surface area contributed by atoms with Crippen LogP contribution in [0.1, 0.15) is 34.6 Å². The first kappa shape index (κ1) is 15.9. The van der Waals surface area contributed by atoms with Gasteiger partial charge in [-0.15, -0.1) is 0 Å². The summed E-state index contributed by atoms with van der Waals surface area (Å²) < 4.78 is 5.27. The Labute approximate surface area is 118 Å². The minimum absolute atomic E-state index is 0.231. The Morgan fingerprint density at radius 3 is 2.20 bits per heavy atom. The van der Waals surface area contributed by atoms with Gasteiger partial charge < -0.3 is 9.84 Å². The van der Waals surface area contributed by atoms with E-state index in [0.29, 0.717) is 0 Å². The fraction of sp³-hybridized carbons (Fsp3) is 0.500. The molecule has 0 aliphatic carbocycles. The van der Waals surface area contributed by atoms with Crippen molar-refractivity contribution in [3.05, 3.63) is 24.4 Å². The first-order valence-corrected chi connectivity index (χ1v) is 6.23. The smallest absolute Gasteiger partial charge is 0.417 e. The van der Waals surface area contributed by atoms with Gasteiger partial charge in [-0.2, -0.15) is 0 Å². The van der Waals surface area contributed by atoms with Gasteiger partial charge in [-0.05, 0) is 46.8 Å². The van der Waals surface area contributed by atoms with Crippen molar-refractivity contribution in [3.8, 4) is 0 Å². The van der Waals surface area contributed by atoms with Crippen LogP contribution in [0.2, 0.25) is 0 Å². The lowest BCUT2D eigenvalue weighted by Crippen LogP contribution is -2.55. The van der Waals surface area contributed by atoms with Crippen LogP contribution in [0.25, 0.3) is 0 Å². The van der Waals surface area contributed by atoms with Crippen LogP contribution in [-0.4, -0.2) is 33.3 Å². The molecule has 0 unspecified atom stereocenters. The Hall–Kier alpha value is -2.11. The molecule has 6 nitrogen and oxygen atoms in total. The number of anilines is 1. The third-order valence-electron chi connectivity index (χ3n) is 2.54. The lowest BCUT2D eigenvalue weighted by Gasteiger charge is -2.35. The van der Waals surface area contributed by atoms with Crippen molar-refractivity contribution in [2.24, 2.45) is 0 Å². The standard InChI is InChI=1S/C14H20N2O4/c1-13(2,3)20-12(19)16(14(4,5)11(17)18)10-8-6-7-9-15-10/h6-9H,1-5H3,(H,17,18). The Bertz CT molecular complexity index is 492. The van der Waals surface area contributed by atoms with Crippen LogP contribution in [0.15, 0.2) is 24.4 Å². The topological polar surface area (TPSA) is 79.7 Å². The summed E-state index contributed by atoms with van der Waals surface area (Å²) >= 11 is 0. The molecule has 1 rings (SSSR count). The molecule has 110 valence electrons. The normalized spacial score (nSPS) is 11.8. The number of hydrogen-bond donors (Lipinski definition) is 1. The van der Waals surface area contributed by atoms with Gasteiger partial charge in [0.25, 0.3) is 0 Å². The minimum atomic E-state index is -1.48.